The Bertz CT molecular complexity index is 1040. The van der Waals surface area contributed by atoms with Crippen LogP contribution in [0, 0.1) is 0 Å². The van der Waals surface area contributed by atoms with Crippen LogP contribution in [0.3, 0.4) is 0 Å². The molecule has 0 saturated carbocycles. The molecule has 9 nitrogen and oxygen atoms in total. The number of nitrogens with zero attached hydrogens (tertiary/aromatic N) is 3. The summed E-state index contributed by atoms with van der Waals surface area (Å²) in [5, 5.41) is 31.0. The summed E-state index contributed by atoms with van der Waals surface area (Å²) in [5.41, 5.74) is -4.09. The van der Waals surface area contributed by atoms with E-state index in [4.69, 9.17) is 5.11 Å². The van der Waals surface area contributed by atoms with Crippen molar-refractivity contribution in [2.24, 2.45) is 0 Å². The number of carboxylic acids is 1. The van der Waals surface area contributed by atoms with Gasteiger partial charge in [-0.2, -0.15) is 18.4 Å². The number of hydrogen-bond acceptors (Lipinski definition) is 6. The van der Waals surface area contributed by atoms with Crippen molar-refractivity contribution in [1.82, 2.24) is 25.6 Å². The number of carboxylic acid groups (broad SMARTS) is 1. The van der Waals surface area contributed by atoms with Crippen LogP contribution < -0.4 is 5.43 Å². The van der Waals surface area contributed by atoms with Crippen molar-refractivity contribution in [1.29, 1.82) is 0 Å². The Kier molecular flexibility index (Phi) is 3.94. The predicted molar refractivity (Wildman–Crippen MR) is 79.3 cm³/mol. The molecule has 0 unspecified atom stereocenters. The number of hydrogen-bond donors (Lipinski definition) is 4. The zero-order chi connectivity index (χ0) is 19.1. The molecule has 0 aliphatic carbocycles. The molecule has 134 valence electrons. The molecule has 12 heteroatoms. The number of carbonyl (C=O) groups is 1. The highest BCUT2D eigenvalue weighted by molar-refractivity contribution is 5.89. The van der Waals surface area contributed by atoms with Crippen molar-refractivity contribution in [2.45, 2.75) is 6.18 Å². The Morgan fingerprint density at radius 3 is 2.50 bits per heavy atom. The van der Waals surface area contributed by atoms with Crippen LogP contribution in [0.15, 0.2) is 29.1 Å². The SMILES string of the molecule is O=C(O)c1[nH]c(-c2ccc(-c3nn[nH]n3)cc2C(F)(F)F)cc(=O)c1O. The van der Waals surface area contributed by atoms with Crippen LogP contribution in [0.2, 0.25) is 0 Å². The molecular formula is C14H8F3N5O4. The van der Waals surface area contributed by atoms with Gasteiger partial charge in [0.25, 0.3) is 0 Å². The Labute approximate surface area is 141 Å². The van der Waals surface area contributed by atoms with Gasteiger partial charge in [0.1, 0.15) is 0 Å². The van der Waals surface area contributed by atoms with Crippen LogP contribution >= 0.6 is 0 Å². The maximum absolute atomic E-state index is 13.5. The molecule has 0 amide bonds. The highest BCUT2D eigenvalue weighted by Gasteiger charge is 2.35. The maximum atomic E-state index is 13.5. The first kappa shape index (κ1) is 17.1. The predicted octanol–water partition coefficient (Wildman–Crippen LogP) is 1.64. The first-order valence-corrected chi connectivity index (χ1v) is 6.83. The fourth-order valence-electron chi connectivity index (χ4n) is 2.29. The number of pyridine rings is 1. The number of aromatic amines is 2. The van der Waals surface area contributed by atoms with Gasteiger partial charge in [-0.25, -0.2) is 4.79 Å². The molecule has 2 heterocycles. The Balaban J connectivity index is 2.26. The molecule has 1 aromatic carbocycles. The molecule has 0 bridgehead atoms. The van der Waals surface area contributed by atoms with E-state index in [0.717, 1.165) is 12.1 Å². The van der Waals surface area contributed by atoms with Crippen molar-refractivity contribution in [3.05, 3.63) is 45.7 Å². The van der Waals surface area contributed by atoms with Gasteiger partial charge in [-0.3, -0.25) is 4.79 Å². The van der Waals surface area contributed by atoms with Gasteiger partial charge in [-0.15, -0.1) is 10.2 Å². The number of aromatic carboxylic acids is 1. The summed E-state index contributed by atoms with van der Waals surface area (Å²) in [6.45, 7) is 0. The maximum Gasteiger partial charge on any atom is 0.417 e. The first-order chi connectivity index (χ1) is 12.2. The lowest BCUT2D eigenvalue weighted by atomic mass is 9.99. The lowest BCUT2D eigenvalue weighted by molar-refractivity contribution is -0.137. The summed E-state index contributed by atoms with van der Waals surface area (Å²) in [6, 6.07) is 3.70. The number of aromatic nitrogens is 5. The molecule has 0 aliphatic rings. The van der Waals surface area contributed by atoms with Crippen LogP contribution in [-0.2, 0) is 6.18 Å². The van der Waals surface area contributed by atoms with E-state index in [1.54, 1.807) is 0 Å². The minimum absolute atomic E-state index is 0.00871. The smallest absolute Gasteiger partial charge is 0.417 e. The van der Waals surface area contributed by atoms with E-state index in [-0.39, 0.29) is 11.4 Å². The number of rotatable bonds is 3. The van der Waals surface area contributed by atoms with Gasteiger partial charge in [-0.1, -0.05) is 12.1 Å². The van der Waals surface area contributed by atoms with E-state index in [2.05, 4.69) is 25.6 Å². The quantitative estimate of drug-likeness (QED) is 0.551. The third-order valence-electron chi connectivity index (χ3n) is 3.44. The van der Waals surface area contributed by atoms with E-state index < -0.39 is 45.8 Å². The number of halogens is 3. The summed E-state index contributed by atoms with van der Waals surface area (Å²) < 4.78 is 40.4. The summed E-state index contributed by atoms with van der Waals surface area (Å²) in [5.74, 6) is -2.87. The Morgan fingerprint density at radius 2 is 1.92 bits per heavy atom. The standard InChI is InChI=1S/C14H8F3N5O4/c15-14(16,17)7-3-5(12-19-21-22-20-12)1-2-6(7)8-4-9(23)11(24)10(18-8)13(25)26/h1-4,24H,(H,18,23)(H,25,26)(H,19,20,21,22). The molecule has 26 heavy (non-hydrogen) atoms. The normalized spacial score (nSPS) is 11.5. The van der Waals surface area contributed by atoms with E-state index >= 15 is 0 Å². The van der Waals surface area contributed by atoms with Crippen LogP contribution in [0.5, 0.6) is 5.75 Å². The number of alkyl halides is 3. The average molecular weight is 367 g/mol. The van der Waals surface area contributed by atoms with Gasteiger partial charge in [0.05, 0.1) is 11.3 Å². The molecule has 0 spiro atoms. The van der Waals surface area contributed by atoms with Crippen molar-refractivity contribution >= 4 is 5.97 Å². The molecule has 3 aromatic rings. The Hall–Kier alpha value is -3.70. The summed E-state index contributed by atoms with van der Waals surface area (Å²) >= 11 is 0. The van der Waals surface area contributed by atoms with E-state index in [0.29, 0.717) is 6.07 Å². The van der Waals surface area contributed by atoms with E-state index in [1.807, 2.05) is 0 Å². The topological polar surface area (TPSA) is 145 Å². The van der Waals surface area contributed by atoms with Gasteiger partial charge in [0, 0.05) is 17.2 Å². The first-order valence-electron chi connectivity index (χ1n) is 6.83. The van der Waals surface area contributed by atoms with Crippen LogP contribution in [0.25, 0.3) is 22.6 Å². The fourth-order valence-corrected chi connectivity index (χ4v) is 2.29. The zero-order valence-corrected chi connectivity index (χ0v) is 12.5. The highest BCUT2D eigenvalue weighted by atomic mass is 19.4. The number of nitrogens with one attached hydrogen (secondary N) is 2. The third kappa shape index (κ3) is 2.99. The number of H-pyrrole nitrogens is 2. The molecule has 3 rings (SSSR count). The van der Waals surface area contributed by atoms with E-state index in [1.165, 1.54) is 6.07 Å². The molecule has 0 fully saturated rings. The van der Waals surface area contributed by atoms with Gasteiger partial charge in [0.15, 0.2) is 11.4 Å². The number of tetrazole rings is 1. The number of benzene rings is 1. The molecule has 2 aromatic heterocycles. The lowest BCUT2D eigenvalue weighted by Crippen LogP contribution is -2.13. The second-order valence-electron chi connectivity index (χ2n) is 5.07. The molecule has 0 aliphatic heterocycles. The molecule has 0 radical (unpaired) electrons. The van der Waals surface area contributed by atoms with Crippen molar-refractivity contribution < 1.29 is 28.2 Å². The minimum Gasteiger partial charge on any atom is -0.502 e. The van der Waals surface area contributed by atoms with Crippen molar-refractivity contribution in [3.8, 4) is 28.4 Å². The summed E-state index contributed by atoms with van der Waals surface area (Å²) in [4.78, 5) is 24.9. The van der Waals surface area contributed by atoms with E-state index in [9.17, 15) is 27.9 Å². The third-order valence-corrected chi connectivity index (χ3v) is 3.44. The molecule has 0 atom stereocenters. The minimum atomic E-state index is -4.83. The Morgan fingerprint density at radius 1 is 1.19 bits per heavy atom. The average Bonchev–Trinajstić information content (AvgIpc) is 3.10. The van der Waals surface area contributed by atoms with Gasteiger partial charge >= 0.3 is 12.1 Å². The van der Waals surface area contributed by atoms with Crippen LogP contribution in [-0.4, -0.2) is 41.8 Å². The fraction of sp³-hybridized carbons (Fsp3) is 0.0714. The van der Waals surface area contributed by atoms with Gasteiger partial charge < -0.3 is 15.2 Å². The van der Waals surface area contributed by atoms with Crippen molar-refractivity contribution in [3.63, 3.8) is 0 Å². The monoisotopic (exact) mass is 367 g/mol. The second kappa shape index (κ2) is 5.98. The van der Waals surface area contributed by atoms with Gasteiger partial charge in [-0.05, 0) is 11.3 Å². The number of aromatic hydroxyl groups is 1. The van der Waals surface area contributed by atoms with Crippen LogP contribution in [0.4, 0.5) is 13.2 Å². The molecular weight excluding hydrogens is 359 g/mol. The summed E-state index contributed by atoms with van der Waals surface area (Å²) in [7, 11) is 0. The zero-order valence-electron chi connectivity index (χ0n) is 12.5. The summed E-state index contributed by atoms with van der Waals surface area (Å²) in [6.07, 6.45) is -4.83. The van der Waals surface area contributed by atoms with Gasteiger partial charge in [0.2, 0.25) is 11.3 Å². The molecule has 0 saturated heterocycles. The molecule has 4 N–H and O–H groups in total. The highest BCUT2D eigenvalue weighted by Crippen LogP contribution is 2.38. The van der Waals surface area contributed by atoms with Crippen molar-refractivity contribution in [2.75, 3.05) is 0 Å². The largest absolute Gasteiger partial charge is 0.502 e. The van der Waals surface area contributed by atoms with Crippen LogP contribution in [0.1, 0.15) is 16.1 Å². The second-order valence-corrected chi connectivity index (χ2v) is 5.07. The lowest BCUT2D eigenvalue weighted by Gasteiger charge is -2.14.